The van der Waals surface area contributed by atoms with Crippen LogP contribution in [-0.4, -0.2) is 183 Å². The van der Waals surface area contributed by atoms with Gasteiger partial charge in [-0.05, 0) is 94.9 Å². The van der Waals surface area contributed by atoms with Gasteiger partial charge in [0.25, 0.3) is 0 Å². The van der Waals surface area contributed by atoms with E-state index in [-0.39, 0.29) is 62.7 Å². The Morgan fingerprint density at radius 2 is 1.55 bits per heavy atom. The number of esters is 2. The number of carbonyl (C=O) groups is 3. The Morgan fingerprint density at radius 1 is 0.924 bits per heavy atom. The molecule has 18 heteroatoms. The van der Waals surface area contributed by atoms with E-state index in [2.05, 4.69) is 10.2 Å². The summed E-state index contributed by atoms with van der Waals surface area (Å²) < 4.78 is 57.7. The second-order valence-electron chi connectivity index (χ2n) is 19.7. The fourth-order valence-corrected chi connectivity index (χ4v) is 10.2. The minimum Gasteiger partial charge on any atom is -0.459 e. The summed E-state index contributed by atoms with van der Waals surface area (Å²) in [5.74, 6) is -4.03. The number of nitriles is 1. The molecule has 3 aliphatic rings. The first-order valence-corrected chi connectivity index (χ1v) is 24.1. The number of nitrogens with zero attached hydrogens (tertiary/aromatic N) is 3. The molecule has 0 spiro atoms. The van der Waals surface area contributed by atoms with Gasteiger partial charge in [-0.2, -0.15) is 5.26 Å². The zero-order chi connectivity index (χ0) is 49.9. The van der Waals surface area contributed by atoms with E-state index in [0.717, 1.165) is 13.1 Å². The molecular weight excluding hydrogens is 857 g/mol. The van der Waals surface area contributed by atoms with Crippen LogP contribution in [0.5, 0.6) is 0 Å². The monoisotopic (exact) mass is 943 g/mol. The lowest BCUT2D eigenvalue weighted by Gasteiger charge is -2.49. The number of hydrogen-bond acceptors (Lipinski definition) is 17. The van der Waals surface area contributed by atoms with Crippen LogP contribution in [0.3, 0.4) is 0 Å². The molecule has 0 saturated carbocycles. The second kappa shape index (κ2) is 25.4. The van der Waals surface area contributed by atoms with E-state index in [1.165, 1.54) is 21.1 Å². The number of rotatable bonds is 17. The van der Waals surface area contributed by atoms with Gasteiger partial charge in [0.15, 0.2) is 18.7 Å². The zero-order valence-electron chi connectivity index (χ0n) is 42.9. The van der Waals surface area contributed by atoms with Gasteiger partial charge in [-0.3, -0.25) is 14.4 Å². The number of nitrogens with one attached hydrogen (secondary N) is 1. The van der Waals surface area contributed by atoms with Crippen LogP contribution in [0, 0.1) is 29.1 Å². The summed E-state index contributed by atoms with van der Waals surface area (Å²) in [4.78, 5) is 46.2. The molecule has 3 fully saturated rings. The fraction of sp³-hybridized carbons (Fsp3) is 0.917. The number of amides is 1. The molecule has 66 heavy (non-hydrogen) atoms. The van der Waals surface area contributed by atoms with Gasteiger partial charge < -0.3 is 68.0 Å². The average molecular weight is 943 g/mol. The molecule has 3 aliphatic heterocycles. The molecule has 0 aromatic rings. The maximum absolute atomic E-state index is 14.7. The quantitative estimate of drug-likeness (QED) is 0.139. The average Bonchev–Trinajstić information content (AvgIpc) is 3.26. The molecule has 3 N–H and O–H groups in total. The Balaban J connectivity index is 2.21. The summed E-state index contributed by atoms with van der Waals surface area (Å²) in [5.41, 5.74) is -4.23. The number of hydrogen-bond donors (Lipinski definition) is 3. The smallest absolute Gasteiger partial charge is 0.311 e. The first kappa shape index (κ1) is 57.8. The summed E-state index contributed by atoms with van der Waals surface area (Å²) in [6, 6.07) is 0.923. The lowest BCUT2D eigenvalue weighted by atomic mass is 9.77. The predicted octanol–water partition coefficient (Wildman–Crippen LogP) is 3.96. The molecule has 18 nitrogen and oxygen atoms in total. The maximum atomic E-state index is 14.7. The van der Waals surface area contributed by atoms with E-state index in [1.807, 2.05) is 66.6 Å². The molecule has 3 rings (SSSR count). The molecule has 18 atom stereocenters. The van der Waals surface area contributed by atoms with Gasteiger partial charge in [0.05, 0.1) is 67.5 Å². The summed E-state index contributed by atoms with van der Waals surface area (Å²) in [5, 5.41) is 36.4. The van der Waals surface area contributed by atoms with Crippen molar-refractivity contribution in [2.24, 2.45) is 17.8 Å². The molecule has 0 aromatic carbocycles. The highest BCUT2D eigenvalue weighted by atomic mass is 16.7. The van der Waals surface area contributed by atoms with Gasteiger partial charge in [-0.1, -0.05) is 34.6 Å². The van der Waals surface area contributed by atoms with Crippen LogP contribution in [0.25, 0.3) is 0 Å². The normalized spacial score (nSPS) is 41.0. The van der Waals surface area contributed by atoms with Crippen LogP contribution in [0.15, 0.2) is 0 Å². The van der Waals surface area contributed by atoms with Gasteiger partial charge in [-0.15, -0.1) is 0 Å². The van der Waals surface area contributed by atoms with Gasteiger partial charge in [0.1, 0.15) is 29.5 Å². The third kappa shape index (κ3) is 14.3. The van der Waals surface area contributed by atoms with E-state index in [9.17, 15) is 29.9 Å². The second-order valence-corrected chi connectivity index (χ2v) is 19.7. The van der Waals surface area contributed by atoms with Crippen molar-refractivity contribution in [3.63, 3.8) is 0 Å². The molecule has 1 unspecified atom stereocenters. The number of likely N-dealkylation sites (N-methyl/N-ethyl adjacent to an activating group) is 1. The van der Waals surface area contributed by atoms with Crippen molar-refractivity contribution in [1.82, 2.24) is 15.1 Å². The topological polar surface area (TPSA) is 217 Å². The third-order valence-electron chi connectivity index (χ3n) is 14.4. The molecule has 0 aromatic heterocycles. The molecule has 0 bridgehead atoms. The molecule has 0 aliphatic carbocycles. The van der Waals surface area contributed by atoms with Crippen LogP contribution in [0.1, 0.15) is 122 Å². The van der Waals surface area contributed by atoms with E-state index < -0.39 is 102 Å². The van der Waals surface area contributed by atoms with Gasteiger partial charge in [0, 0.05) is 45.1 Å². The summed E-state index contributed by atoms with van der Waals surface area (Å²) in [6.07, 6.45) is -8.28. The zero-order valence-corrected chi connectivity index (χ0v) is 42.9. The van der Waals surface area contributed by atoms with Crippen molar-refractivity contribution < 1.29 is 67.2 Å². The van der Waals surface area contributed by atoms with Crippen molar-refractivity contribution in [2.75, 3.05) is 54.6 Å². The number of methoxy groups -OCH3 is 2. The molecule has 3 saturated heterocycles. The highest BCUT2D eigenvalue weighted by Crippen LogP contribution is 2.42. The Bertz CT molecular complexity index is 1580. The Kier molecular flexibility index (Phi) is 22.2. The number of carbonyl (C=O) groups excluding carboxylic acids is 3. The van der Waals surface area contributed by atoms with Crippen molar-refractivity contribution in [2.45, 2.75) is 212 Å². The minimum atomic E-state index is -1.85. The van der Waals surface area contributed by atoms with Gasteiger partial charge in [-0.25, -0.2) is 0 Å². The van der Waals surface area contributed by atoms with Crippen LogP contribution < -0.4 is 5.32 Å². The minimum absolute atomic E-state index is 0.0268. The molecule has 3 heterocycles. The number of aliphatic hydroxyl groups is 2. The Hall–Kier alpha value is -2.54. The molecule has 0 radical (unpaired) electrons. The highest BCUT2D eigenvalue weighted by molar-refractivity contribution is 5.78. The molecular formula is C48H86N4O14. The predicted molar refractivity (Wildman–Crippen MR) is 245 cm³/mol. The third-order valence-corrected chi connectivity index (χ3v) is 14.4. The Labute approximate surface area is 394 Å². The van der Waals surface area contributed by atoms with Gasteiger partial charge >= 0.3 is 11.9 Å². The maximum Gasteiger partial charge on any atom is 0.311 e. The first-order valence-electron chi connectivity index (χ1n) is 24.1. The largest absolute Gasteiger partial charge is 0.459 e. The van der Waals surface area contributed by atoms with Crippen LogP contribution in [0.2, 0.25) is 0 Å². The summed E-state index contributed by atoms with van der Waals surface area (Å²) in [7, 11) is 6.81. The van der Waals surface area contributed by atoms with E-state index in [1.54, 1.807) is 34.6 Å². The van der Waals surface area contributed by atoms with Gasteiger partial charge in [0.2, 0.25) is 5.91 Å². The summed E-state index contributed by atoms with van der Waals surface area (Å²) >= 11 is 0. The lowest BCUT2D eigenvalue weighted by Crippen LogP contribution is -2.61. The van der Waals surface area contributed by atoms with E-state index in [4.69, 9.17) is 42.6 Å². The van der Waals surface area contributed by atoms with Crippen molar-refractivity contribution >= 4 is 17.8 Å². The van der Waals surface area contributed by atoms with Crippen molar-refractivity contribution in [3.8, 4) is 6.07 Å². The number of ether oxygens (including phenoxy) is 9. The Morgan fingerprint density at radius 3 is 2.11 bits per heavy atom. The standard InChI is InChI=1S/C48H86N4O14/c1-17-35-48(12,57)41(60-24-20-22-49)32(8)50-43(55)28(4)26-46(10,58-15)40(66-45-38(54)34(51(13)14)25-29(5)61-45)30(6)39(31(7)44(56)63-35)65-37-27-47(11,59-16)42(33(9)62-37)64-36(53)21-23-52(18-2)19-3/h28-35,37-42,45,54,57H,17-21,23-27H2,1-16H3,(H,50,55)/t28-,29-,30+,31-,32-,33+,34+,35-,37?,38+,39+,40-,41-,42+,45+,46-,47-,48-/m1/s1. The van der Waals surface area contributed by atoms with E-state index in [0.29, 0.717) is 13.0 Å². The molecule has 1 amide bonds. The lowest BCUT2D eigenvalue weighted by molar-refractivity contribution is -0.320. The van der Waals surface area contributed by atoms with Crippen LogP contribution >= 0.6 is 0 Å². The molecule has 382 valence electrons. The van der Waals surface area contributed by atoms with Crippen LogP contribution in [-0.2, 0) is 57.0 Å². The number of aliphatic hydroxyl groups excluding tert-OH is 1. The fourth-order valence-electron chi connectivity index (χ4n) is 10.2. The summed E-state index contributed by atoms with van der Waals surface area (Å²) in [6.45, 7) is 23.7. The number of cyclic esters (lactones) is 1. The van der Waals surface area contributed by atoms with E-state index >= 15 is 0 Å². The SMILES string of the molecule is CC[C@H]1OC(=O)[C@H](C)[C@@H](OC2C[C@@](C)(OC)[C@@H](OC(=O)CCN(CC)CC)[C@H](C)O2)[C@H](C)[C@@H](O[C@@H]2O[C@H](C)C[C@H](N(C)C)[C@@H]2O)[C@](C)(OC)C[C@@H](C)C(=O)N[C@H](C)[C@@H](OCCC#N)[C@]1(C)O. The van der Waals surface area contributed by atoms with Crippen molar-refractivity contribution in [3.05, 3.63) is 0 Å². The van der Waals surface area contributed by atoms with Crippen LogP contribution in [0.4, 0.5) is 0 Å². The highest BCUT2D eigenvalue weighted by Gasteiger charge is 2.54. The van der Waals surface area contributed by atoms with Crippen molar-refractivity contribution in [1.29, 1.82) is 5.26 Å². The first-order chi connectivity index (χ1) is 30.9.